The van der Waals surface area contributed by atoms with Crippen molar-refractivity contribution in [3.05, 3.63) is 0 Å². The summed E-state index contributed by atoms with van der Waals surface area (Å²) in [6.07, 6.45) is 1.87. The van der Waals surface area contributed by atoms with Gasteiger partial charge in [0.2, 0.25) is 5.91 Å². The predicted octanol–water partition coefficient (Wildman–Crippen LogP) is 1.95. The number of rotatable bonds is 6. The third-order valence-corrected chi connectivity index (χ3v) is 3.74. The molecular weight excluding hydrogens is 250 g/mol. The van der Waals surface area contributed by atoms with Crippen LogP contribution in [0.5, 0.6) is 0 Å². The van der Waals surface area contributed by atoms with Crippen molar-refractivity contribution in [2.45, 2.75) is 53.0 Å². The molecule has 1 fully saturated rings. The zero-order valence-electron chi connectivity index (χ0n) is 14.0. The van der Waals surface area contributed by atoms with Gasteiger partial charge in [0, 0.05) is 44.7 Å². The smallest absolute Gasteiger partial charge is 0.223 e. The quantitative estimate of drug-likeness (QED) is 0.809. The second-order valence-electron chi connectivity index (χ2n) is 7.33. The van der Waals surface area contributed by atoms with Gasteiger partial charge < -0.3 is 10.2 Å². The molecule has 0 radical (unpaired) electrons. The third kappa shape index (κ3) is 7.25. The van der Waals surface area contributed by atoms with Gasteiger partial charge in [-0.25, -0.2) is 0 Å². The first kappa shape index (κ1) is 17.4. The van der Waals surface area contributed by atoms with E-state index in [9.17, 15) is 4.79 Å². The Morgan fingerprint density at radius 2 is 1.75 bits per heavy atom. The maximum atomic E-state index is 12.1. The fourth-order valence-electron chi connectivity index (χ4n) is 2.36. The zero-order chi connectivity index (χ0) is 15.2. The molecule has 20 heavy (non-hydrogen) atoms. The summed E-state index contributed by atoms with van der Waals surface area (Å²) < 4.78 is 0. The molecule has 0 unspecified atom stereocenters. The van der Waals surface area contributed by atoms with Crippen LogP contribution in [0.2, 0.25) is 0 Å². The van der Waals surface area contributed by atoms with E-state index in [4.69, 9.17) is 0 Å². The number of carbonyl (C=O) groups excluding carboxylic acids is 1. The van der Waals surface area contributed by atoms with Gasteiger partial charge in [0.1, 0.15) is 0 Å². The maximum Gasteiger partial charge on any atom is 0.223 e. The number of nitrogens with one attached hydrogen (secondary N) is 1. The van der Waals surface area contributed by atoms with Gasteiger partial charge in [-0.3, -0.25) is 9.69 Å². The van der Waals surface area contributed by atoms with Crippen LogP contribution >= 0.6 is 0 Å². The van der Waals surface area contributed by atoms with E-state index >= 15 is 0 Å². The van der Waals surface area contributed by atoms with Crippen molar-refractivity contribution in [3.63, 3.8) is 0 Å². The van der Waals surface area contributed by atoms with Crippen molar-refractivity contribution in [1.82, 2.24) is 15.1 Å². The van der Waals surface area contributed by atoms with Crippen molar-refractivity contribution in [3.8, 4) is 0 Å². The molecule has 0 aliphatic carbocycles. The van der Waals surface area contributed by atoms with E-state index in [1.165, 1.54) is 13.0 Å². The molecule has 118 valence electrons. The number of piperazine rings is 1. The van der Waals surface area contributed by atoms with Crippen LogP contribution in [-0.4, -0.2) is 60.5 Å². The lowest BCUT2D eigenvalue weighted by Crippen LogP contribution is -2.49. The van der Waals surface area contributed by atoms with E-state index in [1.54, 1.807) is 0 Å². The number of carbonyl (C=O) groups is 1. The van der Waals surface area contributed by atoms with Gasteiger partial charge in [-0.15, -0.1) is 0 Å². The Bertz CT molecular complexity index is 289. The molecule has 1 rings (SSSR count). The molecule has 0 atom stereocenters. The Kier molecular flexibility index (Phi) is 6.96. The van der Waals surface area contributed by atoms with Crippen molar-refractivity contribution >= 4 is 5.91 Å². The molecule has 0 spiro atoms. The van der Waals surface area contributed by atoms with Gasteiger partial charge in [0.25, 0.3) is 0 Å². The van der Waals surface area contributed by atoms with Crippen LogP contribution in [0.15, 0.2) is 0 Å². The van der Waals surface area contributed by atoms with Gasteiger partial charge in [0.05, 0.1) is 0 Å². The normalized spacial score (nSPS) is 17.8. The average Bonchev–Trinajstić information content (AvgIpc) is 2.35. The van der Waals surface area contributed by atoms with Crippen LogP contribution in [-0.2, 0) is 4.79 Å². The molecule has 0 aromatic heterocycles. The number of hydrogen-bond donors (Lipinski definition) is 1. The van der Waals surface area contributed by atoms with Gasteiger partial charge in [0.15, 0.2) is 0 Å². The summed E-state index contributed by atoms with van der Waals surface area (Å²) >= 11 is 0. The molecule has 1 aliphatic heterocycles. The molecule has 0 bridgehead atoms. The molecule has 0 saturated carbocycles. The summed E-state index contributed by atoms with van der Waals surface area (Å²) in [6.45, 7) is 16.7. The van der Waals surface area contributed by atoms with Gasteiger partial charge in [-0.05, 0) is 39.7 Å². The third-order valence-electron chi connectivity index (χ3n) is 3.74. The first-order valence-corrected chi connectivity index (χ1v) is 8.03. The number of hydrogen-bond acceptors (Lipinski definition) is 3. The van der Waals surface area contributed by atoms with Crippen LogP contribution in [0.3, 0.4) is 0 Å². The minimum absolute atomic E-state index is 0.0931. The SMILES string of the molecule is CC(C)CCN1CCN(C(=O)CCNC(C)(C)C)CC1. The van der Waals surface area contributed by atoms with Crippen molar-refractivity contribution in [2.24, 2.45) is 5.92 Å². The molecule has 4 nitrogen and oxygen atoms in total. The molecular formula is C16H33N3O. The van der Waals surface area contributed by atoms with Crippen LogP contribution < -0.4 is 5.32 Å². The molecule has 1 saturated heterocycles. The lowest BCUT2D eigenvalue weighted by Gasteiger charge is -2.35. The lowest BCUT2D eigenvalue weighted by molar-refractivity contribution is -0.132. The highest BCUT2D eigenvalue weighted by molar-refractivity contribution is 5.76. The molecule has 0 aromatic carbocycles. The Balaban J connectivity index is 2.19. The number of nitrogens with zero attached hydrogens (tertiary/aromatic N) is 2. The van der Waals surface area contributed by atoms with Crippen molar-refractivity contribution in [2.75, 3.05) is 39.3 Å². The van der Waals surface area contributed by atoms with Crippen LogP contribution in [0.4, 0.5) is 0 Å². The standard InChI is InChI=1S/C16H33N3O/c1-14(2)7-9-18-10-12-19(13-11-18)15(20)6-8-17-16(3,4)5/h14,17H,6-13H2,1-5H3. The van der Waals surface area contributed by atoms with Gasteiger partial charge in [-0.2, -0.15) is 0 Å². The van der Waals surface area contributed by atoms with E-state index in [-0.39, 0.29) is 5.54 Å². The molecule has 1 amide bonds. The summed E-state index contributed by atoms with van der Waals surface area (Å²) in [5.74, 6) is 1.06. The van der Waals surface area contributed by atoms with Crippen LogP contribution in [0, 0.1) is 5.92 Å². The van der Waals surface area contributed by atoms with Crippen molar-refractivity contribution < 1.29 is 4.79 Å². The fraction of sp³-hybridized carbons (Fsp3) is 0.938. The Labute approximate surface area is 124 Å². The summed E-state index contributed by atoms with van der Waals surface area (Å²) in [4.78, 5) is 16.6. The highest BCUT2D eigenvalue weighted by atomic mass is 16.2. The number of amides is 1. The Hall–Kier alpha value is -0.610. The Morgan fingerprint density at radius 1 is 1.15 bits per heavy atom. The molecule has 1 aliphatic rings. The molecule has 0 aromatic rings. The topological polar surface area (TPSA) is 35.6 Å². The highest BCUT2D eigenvalue weighted by Crippen LogP contribution is 2.07. The van der Waals surface area contributed by atoms with Gasteiger partial charge >= 0.3 is 0 Å². The molecule has 4 heteroatoms. The van der Waals surface area contributed by atoms with Gasteiger partial charge in [-0.1, -0.05) is 13.8 Å². The summed E-state index contributed by atoms with van der Waals surface area (Å²) in [6, 6.07) is 0. The minimum atomic E-state index is 0.0931. The first-order valence-electron chi connectivity index (χ1n) is 8.03. The second-order valence-corrected chi connectivity index (χ2v) is 7.33. The zero-order valence-corrected chi connectivity index (χ0v) is 14.0. The average molecular weight is 283 g/mol. The van der Waals surface area contributed by atoms with E-state index in [2.05, 4.69) is 44.8 Å². The first-order chi connectivity index (χ1) is 9.28. The molecule has 1 heterocycles. The van der Waals surface area contributed by atoms with Crippen LogP contribution in [0.1, 0.15) is 47.5 Å². The van der Waals surface area contributed by atoms with E-state index < -0.39 is 0 Å². The molecule has 1 N–H and O–H groups in total. The summed E-state index contributed by atoms with van der Waals surface area (Å²) in [5.41, 5.74) is 0.0931. The Morgan fingerprint density at radius 3 is 2.25 bits per heavy atom. The largest absolute Gasteiger partial charge is 0.340 e. The minimum Gasteiger partial charge on any atom is -0.340 e. The second kappa shape index (κ2) is 7.99. The predicted molar refractivity (Wildman–Crippen MR) is 84.8 cm³/mol. The van der Waals surface area contributed by atoms with Crippen molar-refractivity contribution in [1.29, 1.82) is 0 Å². The van der Waals surface area contributed by atoms with E-state index in [0.29, 0.717) is 12.3 Å². The summed E-state index contributed by atoms with van der Waals surface area (Å²) in [5, 5.41) is 3.38. The highest BCUT2D eigenvalue weighted by Gasteiger charge is 2.21. The van der Waals surface area contributed by atoms with E-state index in [0.717, 1.165) is 38.6 Å². The van der Waals surface area contributed by atoms with E-state index in [1.807, 2.05) is 4.90 Å². The maximum absolute atomic E-state index is 12.1. The monoisotopic (exact) mass is 283 g/mol. The van der Waals surface area contributed by atoms with Crippen LogP contribution in [0.25, 0.3) is 0 Å². The lowest BCUT2D eigenvalue weighted by atomic mass is 10.1. The fourth-order valence-corrected chi connectivity index (χ4v) is 2.36. The summed E-state index contributed by atoms with van der Waals surface area (Å²) in [7, 11) is 0.